The maximum atomic E-state index is 11.1. The van der Waals surface area contributed by atoms with Crippen molar-refractivity contribution in [1.82, 2.24) is 20.3 Å². The quantitative estimate of drug-likeness (QED) is 0.664. The van der Waals surface area contributed by atoms with E-state index in [2.05, 4.69) is 30.5 Å². The van der Waals surface area contributed by atoms with Crippen LogP contribution in [0.25, 0.3) is 0 Å². The number of nitrogens with zero attached hydrogens (tertiary/aromatic N) is 4. The van der Waals surface area contributed by atoms with Crippen LogP contribution >= 0.6 is 0 Å². The predicted molar refractivity (Wildman–Crippen MR) is 72.9 cm³/mol. The normalized spacial score (nSPS) is 14.5. The van der Waals surface area contributed by atoms with Crippen LogP contribution in [-0.2, 0) is 4.79 Å². The van der Waals surface area contributed by atoms with E-state index in [-0.39, 0.29) is 11.9 Å². The van der Waals surface area contributed by atoms with Crippen LogP contribution in [0.3, 0.4) is 0 Å². The average Bonchev–Trinajstić information content (AvgIpc) is 2.91. The third-order valence-electron chi connectivity index (χ3n) is 2.94. The molecule has 0 spiro atoms. The third-order valence-corrected chi connectivity index (χ3v) is 2.94. The number of nitrogens with two attached hydrogens (primary N) is 1. The molecule has 1 aromatic rings. The molecule has 0 bridgehead atoms. The first-order valence-corrected chi connectivity index (χ1v) is 6.40. The van der Waals surface area contributed by atoms with E-state index in [1.807, 2.05) is 0 Å². The molecule has 0 atom stereocenters. The van der Waals surface area contributed by atoms with Gasteiger partial charge in [0.25, 0.3) is 0 Å². The minimum absolute atomic E-state index is 0.0331. The number of carbonyl (C=O) groups is 1. The smallest absolute Gasteiger partial charge is 0.231 e. The lowest BCUT2D eigenvalue weighted by Crippen LogP contribution is -2.23. The van der Waals surface area contributed by atoms with Gasteiger partial charge in [0.05, 0.1) is 0 Å². The van der Waals surface area contributed by atoms with Gasteiger partial charge in [-0.15, -0.1) is 0 Å². The Hall–Kier alpha value is -2.12. The number of amides is 1. The fourth-order valence-corrected chi connectivity index (χ4v) is 1.93. The van der Waals surface area contributed by atoms with Gasteiger partial charge in [-0.2, -0.15) is 15.0 Å². The molecule has 1 saturated heterocycles. The van der Waals surface area contributed by atoms with Crippen molar-refractivity contribution < 1.29 is 4.79 Å². The molecule has 2 heterocycles. The van der Waals surface area contributed by atoms with Gasteiger partial charge in [-0.25, -0.2) is 0 Å². The van der Waals surface area contributed by atoms with Gasteiger partial charge >= 0.3 is 0 Å². The Morgan fingerprint density at radius 2 is 2.05 bits per heavy atom. The van der Waals surface area contributed by atoms with E-state index in [0.29, 0.717) is 24.9 Å². The van der Waals surface area contributed by atoms with Crippen LogP contribution in [0, 0.1) is 0 Å². The summed E-state index contributed by atoms with van der Waals surface area (Å²) in [6.45, 7) is 2.35. The average molecular weight is 265 g/mol. The van der Waals surface area contributed by atoms with Crippen LogP contribution in [0.1, 0.15) is 19.3 Å². The summed E-state index contributed by atoms with van der Waals surface area (Å²) in [6, 6.07) is 0. The van der Waals surface area contributed by atoms with E-state index in [1.165, 1.54) is 0 Å². The molecular formula is C11H19N7O. The highest BCUT2D eigenvalue weighted by atomic mass is 16.1. The molecule has 8 nitrogen and oxygen atoms in total. The van der Waals surface area contributed by atoms with E-state index in [9.17, 15) is 4.79 Å². The van der Waals surface area contributed by atoms with Crippen LogP contribution in [0.4, 0.5) is 17.8 Å². The van der Waals surface area contributed by atoms with Gasteiger partial charge in [0, 0.05) is 33.1 Å². The lowest BCUT2D eigenvalue weighted by atomic mass is 10.4. The lowest BCUT2D eigenvalue weighted by Gasteiger charge is -2.15. The molecule has 4 N–H and O–H groups in total. The second kappa shape index (κ2) is 6.17. The molecule has 19 heavy (non-hydrogen) atoms. The SMILES string of the molecule is CNC(=O)CCNc1nc(N)nc(N2CCCC2)n1. The van der Waals surface area contributed by atoms with E-state index in [1.54, 1.807) is 7.05 Å². The van der Waals surface area contributed by atoms with Crippen LogP contribution < -0.4 is 21.3 Å². The van der Waals surface area contributed by atoms with Gasteiger partial charge < -0.3 is 21.3 Å². The molecular weight excluding hydrogens is 246 g/mol. The van der Waals surface area contributed by atoms with Crippen molar-refractivity contribution in [2.45, 2.75) is 19.3 Å². The Morgan fingerprint density at radius 1 is 1.32 bits per heavy atom. The molecule has 0 radical (unpaired) electrons. The third kappa shape index (κ3) is 3.67. The number of anilines is 3. The molecule has 104 valence electrons. The highest BCUT2D eigenvalue weighted by Crippen LogP contribution is 2.17. The Labute approximate surface area is 111 Å². The van der Waals surface area contributed by atoms with Gasteiger partial charge in [-0.1, -0.05) is 0 Å². The first kappa shape index (κ1) is 13.3. The summed E-state index contributed by atoms with van der Waals surface area (Å²) in [7, 11) is 1.61. The lowest BCUT2D eigenvalue weighted by molar-refractivity contribution is -0.120. The fraction of sp³-hybridized carbons (Fsp3) is 0.636. The molecule has 0 saturated carbocycles. The molecule has 1 aliphatic rings. The number of carbonyl (C=O) groups excluding carboxylic acids is 1. The van der Waals surface area contributed by atoms with Gasteiger partial charge in [-0.05, 0) is 12.8 Å². The number of aromatic nitrogens is 3. The zero-order valence-electron chi connectivity index (χ0n) is 11.0. The second-order valence-electron chi connectivity index (χ2n) is 4.36. The minimum atomic E-state index is -0.0331. The first-order chi connectivity index (χ1) is 9.19. The van der Waals surface area contributed by atoms with Crippen LogP contribution in [0.15, 0.2) is 0 Å². The van der Waals surface area contributed by atoms with Gasteiger partial charge in [-0.3, -0.25) is 4.79 Å². The predicted octanol–water partition coefficient (Wildman–Crippen LogP) is -0.398. The Kier molecular flexibility index (Phi) is 4.32. The molecule has 0 aromatic carbocycles. The molecule has 0 aliphatic carbocycles. The summed E-state index contributed by atoms with van der Waals surface area (Å²) in [5.74, 6) is 1.18. The van der Waals surface area contributed by atoms with Crippen LogP contribution in [0.5, 0.6) is 0 Å². The number of rotatable bonds is 5. The number of nitrogen functional groups attached to an aromatic ring is 1. The number of hydrogen-bond acceptors (Lipinski definition) is 7. The molecule has 1 aliphatic heterocycles. The summed E-state index contributed by atoms with van der Waals surface area (Å²) in [5.41, 5.74) is 5.68. The van der Waals surface area contributed by atoms with Crippen molar-refractivity contribution in [2.24, 2.45) is 0 Å². The highest BCUT2D eigenvalue weighted by Gasteiger charge is 2.16. The Balaban J connectivity index is 1.98. The summed E-state index contributed by atoms with van der Waals surface area (Å²) in [5, 5.41) is 5.54. The van der Waals surface area contributed by atoms with E-state index in [0.717, 1.165) is 25.9 Å². The van der Waals surface area contributed by atoms with Crippen molar-refractivity contribution in [3.05, 3.63) is 0 Å². The standard InChI is InChI=1S/C11H19N7O/c1-13-8(19)4-5-14-10-15-9(12)16-11(17-10)18-6-2-3-7-18/h2-7H2,1H3,(H,13,19)(H3,12,14,15,16,17). The zero-order valence-corrected chi connectivity index (χ0v) is 11.0. The van der Waals surface area contributed by atoms with E-state index < -0.39 is 0 Å². The van der Waals surface area contributed by atoms with Crippen molar-refractivity contribution >= 4 is 23.8 Å². The number of hydrogen-bond donors (Lipinski definition) is 3. The summed E-state index contributed by atoms with van der Waals surface area (Å²) < 4.78 is 0. The van der Waals surface area contributed by atoms with E-state index in [4.69, 9.17) is 5.73 Å². The minimum Gasteiger partial charge on any atom is -0.368 e. The fourth-order valence-electron chi connectivity index (χ4n) is 1.93. The van der Waals surface area contributed by atoms with Crippen molar-refractivity contribution in [2.75, 3.05) is 42.6 Å². The zero-order chi connectivity index (χ0) is 13.7. The van der Waals surface area contributed by atoms with Gasteiger partial charge in [0.1, 0.15) is 0 Å². The Morgan fingerprint density at radius 3 is 2.74 bits per heavy atom. The number of nitrogens with one attached hydrogen (secondary N) is 2. The van der Waals surface area contributed by atoms with Crippen LogP contribution in [-0.4, -0.2) is 47.5 Å². The summed E-state index contributed by atoms with van der Waals surface area (Å²) in [6.07, 6.45) is 2.65. The summed E-state index contributed by atoms with van der Waals surface area (Å²) >= 11 is 0. The summed E-state index contributed by atoms with van der Waals surface area (Å²) in [4.78, 5) is 25.7. The molecule has 1 amide bonds. The molecule has 1 fully saturated rings. The van der Waals surface area contributed by atoms with Crippen molar-refractivity contribution in [3.8, 4) is 0 Å². The largest absolute Gasteiger partial charge is 0.368 e. The maximum absolute atomic E-state index is 11.1. The van der Waals surface area contributed by atoms with Gasteiger partial charge in [0.15, 0.2) is 0 Å². The highest BCUT2D eigenvalue weighted by molar-refractivity contribution is 5.75. The molecule has 1 aromatic heterocycles. The Bertz CT molecular complexity index is 445. The monoisotopic (exact) mass is 265 g/mol. The van der Waals surface area contributed by atoms with Crippen molar-refractivity contribution in [3.63, 3.8) is 0 Å². The topological polar surface area (TPSA) is 109 Å². The van der Waals surface area contributed by atoms with Crippen LogP contribution in [0.2, 0.25) is 0 Å². The first-order valence-electron chi connectivity index (χ1n) is 6.40. The van der Waals surface area contributed by atoms with E-state index >= 15 is 0 Å². The molecule has 2 rings (SSSR count). The second-order valence-corrected chi connectivity index (χ2v) is 4.36. The van der Waals surface area contributed by atoms with Crippen molar-refractivity contribution in [1.29, 1.82) is 0 Å². The van der Waals surface area contributed by atoms with Gasteiger partial charge in [0.2, 0.25) is 23.8 Å². The molecule has 8 heteroatoms. The molecule has 0 unspecified atom stereocenters. The maximum Gasteiger partial charge on any atom is 0.231 e.